The number of aliphatic hydroxyl groups excluding tert-OH is 1. The molecular formula is C23H12N2O8. The number of benzene rings is 2. The largest absolute Gasteiger partial charge is 0.507 e. The number of ketones is 3. The van der Waals surface area contributed by atoms with E-state index in [4.69, 9.17) is 0 Å². The predicted molar refractivity (Wildman–Crippen MR) is 115 cm³/mol. The van der Waals surface area contributed by atoms with Crippen LogP contribution in [0.15, 0.2) is 77.9 Å². The molecule has 0 aromatic heterocycles. The van der Waals surface area contributed by atoms with Crippen molar-refractivity contribution in [2.45, 2.75) is 0 Å². The Morgan fingerprint density at radius 2 is 1.24 bits per heavy atom. The average molecular weight is 444 g/mol. The van der Waals surface area contributed by atoms with Crippen LogP contribution in [0, 0.1) is 20.2 Å². The lowest BCUT2D eigenvalue weighted by molar-refractivity contribution is -0.385. The number of non-ortho nitro benzene ring substituents is 2. The standard InChI is InChI=1S/C23H12N2O8/c26-20-14-8-6-12(24(30)31)10-18(14)22(28)16(20)4-2-1-3-5-17-21(27)15-9-7-13(25(32)33)11-19(15)23(17)29/h1-11,28H. The summed E-state index contributed by atoms with van der Waals surface area (Å²) in [5.74, 6) is -2.07. The van der Waals surface area contributed by atoms with Crippen LogP contribution < -0.4 is 0 Å². The summed E-state index contributed by atoms with van der Waals surface area (Å²) in [7, 11) is 0. The van der Waals surface area contributed by atoms with Gasteiger partial charge in [0.15, 0.2) is 17.3 Å². The van der Waals surface area contributed by atoms with Crippen molar-refractivity contribution in [3.05, 3.63) is 120 Å². The fourth-order valence-electron chi connectivity index (χ4n) is 3.54. The molecule has 162 valence electrons. The smallest absolute Gasteiger partial charge is 0.270 e. The fourth-order valence-corrected chi connectivity index (χ4v) is 3.54. The molecule has 33 heavy (non-hydrogen) atoms. The van der Waals surface area contributed by atoms with Crippen molar-refractivity contribution in [2.75, 3.05) is 0 Å². The van der Waals surface area contributed by atoms with E-state index in [9.17, 15) is 39.7 Å². The number of aliphatic hydroxyl groups is 1. The van der Waals surface area contributed by atoms with E-state index in [-0.39, 0.29) is 50.5 Å². The first kappa shape index (κ1) is 21.2. The highest BCUT2D eigenvalue weighted by Gasteiger charge is 2.34. The maximum atomic E-state index is 12.4. The maximum absolute atomic E-state index is 12.4. The highest BCUT2D eigenvalue weighted by atomic mass is 16.6. The Morgan fingerprint density at radius 3 is 1.85 bits per heavy atom. The molecule has 0 heterocycles. The second-order valence-electron chi connectivity index (χ2n) is 7.05. The van der Waals surface area contributed by atoms with Gasteiger partial charge in [-0.25, -0.2) is 0 Å². The molecule has 0 fully saturated rings. The molecule has 0 amide bonds. The lowest BCUT2D eigenvalue weighted by Gasteiger charge is -1.97. The lowest BCUT2D eigenvalue weighted by atomic mass is 10.1. The predicted octanol–water partition coefficient (Wildman–Crippen LogP) is 4.09. The third-order valence-corrected chi connectivity index (χ3v) is 5.15. The molecule has 4 rings (SSSR count). The van der Waals surface area contributed by atoms with Gasteiger partial charge in [0.25, 0.3) is 11.4 Å². The number of nitro groups is 2. The Balaban J connectivity index is 1.54. The van der Waals surface area contributed by atoms with Crippen molar-refractivity contribution < 1.29 is 29.3 Å². The van der Waals surface area contributed by atoms with Crippen LogP contribution >= 0.6 is 0 Å². The molecule has 2 aromatic rings. The van der Waals surface area contributed by atoms with Crippen LogP contribution in [0.25, 0.3) is 5.76 Å². The van der Waals surface area contributed by atoms with Gasteiger partial charge in [0.05, 0.1) is 21.0 Å². The number of nitrogens with zero attached hydrogens (tertiary/aromatic N) is 2. The zero-order valence-electron chi connectivity index (χ0n) is 16.6. The Labute approximate surface area is 184 Å². The number of hydrogen-bond donors (Lipinski definition) is 1. The van der Waals surface area contributed by atoms with Crippen LogP contribution in [0.2, 0.25) is 0 Å². The zero-order valence-corrected chi connectivity index (χ0v) is 16.6. The summed E-state index contributed by atoms with van der Waals surface area (Å²) in [6.45, 7) is 0. The SMILES string of the molecule is O=C1C(=CC=CC=CC2=C(O)c3cc([N+](=O)[O-])ccc3C2=O)C(=O)c2cc([N+](=O)[O-])ccc21. The van der Waals surface area contributed by atoms with Crippen molar-refractivity contribution in [3.63, 3.8) is 0 Å². The third kappa shape index (κ3) is 3.55. The topological polar surface area (TPSA) is 158 Å². The van der Waals surface area contributed by atoms with Gasteiger partial charge in [-0.15, -0.1) is 0 Å². The third-order valence-electron chi connectivity index (χ3n) is 5.15. The molecule has 2 aliphatic rings. The summed E-state index contributed by atoms with van der Waals surface area (Å²) in [4.78, 5) is 57.8. The first-order chi connectivity index (χ1) is 15.7. The minimum Gasteiger partial charge on any atom is -0.507 e. The quantitative estimate of drug-likeness (QED) is 0.237. The molecule has 10 heteroatoms. The van der Waals surface area contributed by atoms with E-state index >= 15 is 0 Å². The zero-order chi connectivity index (χ0) is 23.9. The van der Waals surface area contributed by atoms with E-state index in [0.717, 1.165) is 18.2 Å². The van der Waals surface area contributed by atoms with E-state index in [1.807, 2.05) is 0 Å². The van der Waals surface area contributed by atoms with Gasteiger partial charge in [0, 0.05) is 46.5 Å². The summed E-state index contributed by atoms with van der Waals surface area (Å²) < 4.78 is 0. The molecule has 2 aromatic carbocycles. The van der Waals surface area contributed by atoms with Gasteiger partial charge in [0.2, 0.25) is 0 Å². The molecule has 0 unspecified atom stereocenters. The summed E-state index contributed by atoms with van der Waals surface area (Å²) in [6, 6.07) is 7.00. The summed E-state index contributed by atoms with van der Waals surface area (Å²) >= 11 is 0. The fraction of sp³-hybridized carbons (Fsp3) is 0. The van der Waals surface area contributed by atoms with Gasteiger partial charge >= 0.3 is 0 Å². The second kappa shape index (κ2) is 7.93. The van der Waals surface area contributed by atoms with Crippen molar-refractivity contribution in [3.8, 4) is 0 Å². The van der Waals surface area contributed by atoms with Crippen LogP contribution in [-0.2, 0) is 0 Å². The van der Waals surface area contributed by atoms with Crippen molar-refractivity contribution >= 4 is 34.5 Å². The molecule has 0 bridgehead atoms. The van der Waals surface area contributed by atoms with Crippen molar-refractivity contribution in [2.24, 2.45) is 0 Å². The van der Waals surface area contributed by atoms with E-state index < -0.39 is 27.2 Å². The van der Waals surface area contributed by atoms with Crippen molar-refractivity contribution in [1.82, 2.24) is 0 Å². The van der Waals surface area contributed by atoms with Gasteiger partial charge in [-0.2, -0.15) is 0 Å². The van der Waals surface area contributed by atoms with Gasteiger partial charge in [-0.05, 0) is 24.3 Å². The Morgan fingerprint density at radius 1 is 0.697 bits per heavy atom. The minimum absolute atomic E-state index is 0.0390. The van der Waals surface area contributed by atoms with Crippen LogP contribution in [-0.4, -0.2) is 32.3 Å². The maximum Gasteiger partial charge on any atom is 0.270 e. The van der Waals surface area contributed by atoms with Gasteiger partial charge < -0.3 is 5.11 Å². The van der Waals surface area contributed by atoms with E-state index in [0.29, 0.717) is 0 Å². The summed E-state index contributed by atoms with van der Waals surface area (Å²) in [6.07, 6.45) is 6.73. The normalized spacial score (nSPS) is 16.4. The number of allylic oxidation sites excluding steroid dienone is 7. The number of nitro benzene ring substituents is 2. The van der Waals surface area contributed by atoms with Gasteiger partial charge in [-0.3, -0.25) is 34.6 Å². The molecule has 0 atom stereocenters. The number of Topliss-reactive ketones (excluding diaryl/α,β-unsaturated/α-hetero) is 3. The average Bonchev–Trinajstić information content (AvgIpc) is 3.18. The Bertz CT molecular complexity index is 1430. The van der Waals surface area contributed by atoms with Crippen LogP contribution in [0.3, 0.4) is 0 Å². The molecule has 0 saturated carbocycles. The molecule has 10 nitrogen and oxygen atoms in total. The van der Waals surface area contributed by atoms with Crippen LogP contribution in [0.1, 0.15) is 36.6 Å². The molecule has 0 aliphatic heterocycles. The highest BCUT2D eigenvalue weighted by Crippen LogP contribution is 2.34. The molecular weight excluding hydrogens is 432 g/mol. The minimum atomic E-state index is -0.657. The summed E-state index contributed by atoms with van der Waals surface area (Å²) in [5, 5.41) is 32.1. The van der Waals surface area contributed by atoms with E-state index in [1.165, 1.54) is 48.6 Å². The monoisotopic (exact) mass is 444 g/mol. The molecule has 1 N–H and O–H groups in total. The van der Waals surface area contributed by atoms with Crippen LogP contribution in [0.4, 0.5) is 11.4 Å². The first-order valence-corrected chi connectivity index (χ1v) is 9.40. The number of fused-ring (bicyclic) bond motifs is 2. The lowest BCUT2D eigenvalue weighted by Crippen LogP contribution is -1.99. The number of hydrogen-bond acceptors (Lipinski definition) is 8. The molecule has 0 radical (unpaired) electrons. The number of rotatable bonds is 5. The first-order valence-electron chi connectivity index (χ1n) is 9.40. The second-order valence-corrected chi connectivity index (χ2v) is 7.05. The highest BCUT2D eigenvalue weighted by molar-refractivity contribution is 6.39. The molecule has 0 saturated heterocycles. The van der Waals surface area contributed by atoms with E-state index in [1.54, 1.807) is 0 Å². The van der Waals surface area contributed by atoms with Gasteiger partial charge in [0.1, 0.15) is 5.76 Å². The number of carbonyl (C=O) groups is 3. The Hall–Kier alpha value is -4.99. The molecule has 0 spiro atoms. The van der Waals surface area contributed by atoms with Crippen molar-refractivity contribution in [1.29, 1.82) is 0 Å². The Kier molecular flexibility index (Phi) is 5.10. The molecule has 2 aliphatic carbocycles. The summed E-state index contributed by atoms with van der Waals surface area (Å²) in [5.41, 5.74) is -0.532. The van der Waals surface area contributed by atoms with Crippen LogP contribution in [0.5, 0.6) is 0 Å². The number of carbonyl (C=O) groups excluding carboxylic acids is 3. The van der Waals surface area contributed by atoms with Gasteiger partial charge in [-0.1, -0.05) is 18.2 Å². The van der Waals surface area contributed by atoms with E-state index in [2.05, 4.69) is 0 Å².